The first-order valence-electron chi connectivity index (χ1n) is 5.98. The van der Waals surface area contributed by atoms with Gasteiger partial charge in [-0.2, -0.15) is 0 Å². The lowest BCUT2D eigenvalue weighted by molar-refractivity contribution is 0.107. The Kier molecular flexibility index (Phi) is 9.42. The van der Waals surface area contributed by atoms with Gasteiger partial charge in [0.15, 0.2) is 0 Å². The van der Waals surface area contributed by atoms with Crippen LogP contribution in [0.25, 0.3) is 0 Å². The molecule has 2 heteroatoms. The van der Waals surface area contributed by atoms with Crippen LogP contribution < -0.4 is 5.32 Å². The van der Waals surface area contributed by atoms with E-state index >= 15 is 0 Å². The highest BCUT2D eigenvalue weighted by Gasteiger charge is 1.98. The van der Waals surface area contributed by atoms with Gasteiger partial charge in [-0.15, -0.1) is 0 Å². The van der Waals surface area contributed by atoms with Gasteiger partial charge in [0.2, 0.25) is 0 Å². The second-order valence-corrected chi connectivity index (χ2v) is 4.47. The minimum atomic E-state index is 0.655. The molecular formula is C12H27NO. The predicted molar refractivity (Wildman–Crippen MR) is 62.6 cm³/mol. The summed E-state index contributed by atoms with van der Waals surface area (Å²) in [4.78, 5) is 0. The lowest BCUT2D eigenvalue weighted by Gasteiger charge is -2.12. The molecule has 1 atom stereocenters. The molecule has 0 saturated heterocycles. The topological polar surface area (TPSA) is 21.3 Å². The van der Waals surface area contributed by atoms with E-state index in [4.69, 9.17) is 4.74 Å². The number of rotatable bonds is 9. The first-order chi connectivity index (χ1) is 6.66. The molecule has 0 aromatic rings. The first kappa shape index (κ1) is 13.9. The molecule has 2 nitrogen and oxygen atoms in total. The molecule has 0 aromatic heterocycles. The third-order valence-corrected chi connectivity index (χ3v) is 2.13. The standard InChI is InChI=1S/C12H27NO/c1-5-7-12(4)13-8-6-9-14-10-11(2)3/h11-13H,5-10H2,1-4H3. The smallest absolute Gasteiger partial charge is 0.0489 e. The molecule has 1 unspecified atom stereocenters. The Morgan fingerprint density at radius 1 is 1.21 bits per heavy atom. The molecule has 0 rings (SSSR count). The van der Waals surface area contributed by atoms with E-state index in [-0.39, 0.29) is 0 Å². The maximum absolute atomic E-state index is 5.50. The van der Waals surface area contributed by atoms with E-state index in [1.54, 1.807) is 0 Å². The summed E-state index contributed by atoms with van der Waals surface area (Å²) in [5.41, 5.74) is 0. The van der Waals surface area contributed by atoms with Gasteiger partial charge in [-0.3, -0.25) is 0 Å². The molecule has 0 heterocycles. The molecular weight excluding hydrogens is 174 g/mol. The van der Waals surface area contributed by atoms with Crippen LogP contribution in [0.5, 0.6) is 0 Å². The van der Waals surface area contributed by atoms with E-state index in [9.17, 15) is 0 Å². The van der Waals surface area contributed by atoms with Crippen LogP contribution in [0.3, 0.4) is 0 Å². The highest BCUT2D eigenvalue weighted by Crippen LogP contribution is 1.95. The van der Waals surface area contributed by atoms with Crippen molar-refractivity contribution in [3.63, 3.8) is 0 Å². The van der Waals surface area contributed by atoms with Crippen molar-refractivity contribution in [1.82, 2.24) is 5.32 Å². The first-order valence-corrected chi connectivity index (χ1v) is 5.98. The fourth-order valence-corrected chi connectivity index (χ4v) is 1.38. The van der Waals surface area contributed by atoms with Crippen molar-refractivity contribution in [1.29, 1.82) is 0 Å². The van der Waals surface area contributed by atoms with Gasteiger partial charge in [-0.05, 0) is 32.2 Å². The predicted octanol–water partition coefficient (Wildman–Crippen LogP) is 2.83. The SMILES string of the molecule is CCCC(C)NCCCOCC(C)C. The van der Waals surface area contributed by atoms with E-state index in [2.05, 4.69) is 33.0 Å². The number of nitrogens with one attached hydrogen (secondary N) is 1. The Morgan fingerprint density at radius 2 is 1.93 bits per heavy atom. The molecule has 0 spiro atoms. The Balaban J connectivity index is 3.05. The quantitative estimate of drug-likeness (QED) is 0.579. The van der Waals surface area contributed by atoms with E-state index < -0.39 is 0 Å². The Bertz CT molecular complexity index is 115. The number of hydrogen-bond acceptors (Lipinski definition) is 2. The zero-order chi connectivity index (χ0) is 10.8. The van der Waals surface area contributed by atoms with Gasteiger partial charge in [-0.1, -0.05) is 27.2 Å². The molecule has 0 fully saturated rings. The molecule has 0 aromatic carbocycles. The highest BCUT2D eigenvalue weighted by molar-refractivity contribution is 4.58. The minimum Gasteiger partial charge on any atom is -0.381 e. The van der Waals surface area contributed by atoms with Gasteiger partial charge in [-0.25, -0.2) is 0 Å². The average Bonchev–Trinajstić information content (AvgIpc) is 2.11. The second-order valence-electron chi connectivity index (χ2n) is 4.47. The summed E-state index contributed by atoms with van der Waals surface area (Å²) in [6, 6.07) is 0.657. The lowest BCUT2D eigenvalue weighted by Crippen LogP contribution is -2.27. The maximum Gasteiger partial charge on any atom is 0.0489 e. The van der Waals surface area contributed by atoms with Crippen molar-refractivity contribution in [2.45, 2.75) is 53.0 Å². The van der Waals surface area contributed by atoms with Crippen molar-refractivity contribution < 1.29 is 4.74 Å². The molecule has 86 valence electrons. The zero-order valence-electron chi connectivity index (χ0n) is 10.3. The van der Waals surface area contributed by atoms with Gasteiger partial charge in [0, 0.05) is 19.3 Å². The van der Waals surface area contributed by atoms with Crippen LogP contribution in [-0.2, 0) is 4.74 Å². The van der Waals surface area contributed by atoms with Crippen molar-refractivity contribution in [2.24, 2.45) is 5.92 Å². The summed E-state index contributed by atoms with van der Waals surface area (Å²) in [5.74, 6) is 0.655. The fraction of sp³-hybridized carbons (Fsp3) is 1.00. The molecule has 0 aliphatic rings. The van der Waals surface area contributed by atoms with Crippen LogP contribution in [-0.4, -0.2) is 25.8 Å². The average molecular weight is 201 g/mol. The van der Waals surface area contributed by atoms with Gasteiger partial charge in [0.05, 0.1) is 0 Å². The Hall–Kier alpha value is -0.0800. The van der Waals surface area contributed by atoms with E-state index in [0.29, 0.717) is 12.0 Å². The second kappa shape index (κ2) is 9.47. The Labute approximate surface area is 89.4 Å². The summed E-state index contributed by atoms with van der Waals surface area (Å²) in [6.07, 6.45) is 3.66. The van der Waals surface area contributed by atoms with Crippen molar-refractivity contribution >= 4 is 0 Å². The zero-order valence-corrected chi connectivity index (χ0v) is 10.3. The monoisotopic (exact) mass is 201 g/mol. The largest absolute Gasteiger partial charge is 0.381 e. The summed E-state index contributed by atoms with van der Waals surface area (Å²) in [7, 11) is 0. The van der Waals surface area contributed by atoms with E-state index in [1.807, 2.05) is 0 Å². The molecule has 0 radical (unpaired) electrons. The molecule has 0 bridgehead atoms. The van der Waals surface area contributed by atoms with Gasteiger partial charge >= 0.3 is 0 Å². The normalized spacial score (nSPS) is 13.5. The van der Waals surface area contributed by atoms with Crippen LogP contribution in [0.1, 0.15) is 47.0 Å². The summed E-state index contributed by atoms with van der Waals surface area (Å²) in [6.45, 7) is 11.7. The maximum atomic E-state index is 5.50. The number of hydrogen-bond donors (Lipinski definition) is 1. The summed E-state index contributed by atoms with van der Waals surface area (Å²) >= 11 is 0. The van der Waals surface area contributed by atoms with Gasteiger partial charge in [0.25, 0.3) is 0 Å². The van der Waals surface area contributed by atoms with Gasteiger partial charge < -0.3 is 10.1 Å². The highest BCUT2D eigenvalue weighted by atomic mass is 16.5. The third-order valence-electron chi connectivity index (χ3n) is 2.13. The van der Waals surface area contributed by atoms with Crippen molar-refractivity contribution in [3.05, 3.63) is 0 Å². The third kappa shape index (κ3) is 10.0. The van der Waals surface area contributed by atoms with Crippen molar-refractivity contribution in [2.75, 3.05) is 19.8 Å². The van der Waals surface area contributed by atoms with Gasteiger partial charge in [0.1, 0.15) is 0 Å². The van der Waals surface area contributed by atoms with Crippen LogP contribution in [0, 0.1) is 5.92 Å². The minimum absolute atomic E-state index is 0.655. The number of ether oxygens (including phenoxy) is 1. The van der Waals surface area contributed by atoms with Crippen molar-refractivity contribution in [3.8, 4) is 0 Å². The summed E-state index contributed by atoms with van der Waals surface area (Å²) < 4.78 is 5.50. The molecule has 0 saturated carbocycles. The molecule has 0 amide bonds. The summed E-state index contributed by atoms with van der Waals surface area (Å²) in [5, 5.41) is 3.49. The molecule has 0 aliphatic heterocycles. The lowest BCUT2D eigenvalue weighted by atomic mass is 10.2. The molecule has 14 heavy (non-hydrogen) atoms. The van der Waals surface area contributed by atoms with Crippen LogP contribution in [0.4, 0.5) is 0 Å². The molecule has 1 N–H and O–H groups in total. The van der Waals surface area contributed by atoms with Crippen LogP contribution in [0.2, 0.25) is 0 Å². The van der Waals surface area contributed by atoms with Crippen LogP contribution in [0.15, 0.2) is 0 Å². The van der Waals surface area contributed by atoms with E-state index in [0.717, 1.165) is 26.2 Å². The Morgan fingerprint density at radius 3 is 2.50 bits per heavy atom. The fourth-order valence-electron chi connectivity index (χ4n) is 1.38. The molecule has 0 aliphatic carbocycles. The van der Waals surface area contributed by atoms with E-state index in [1.165, 1.54) is 12.8 Å². The van der Waals surface area contributed by atoms with Crippen LogP contribution >= 0.6 is 0 Å².